The number of hydrogen-bond donors (Lipinski definition) is 0. The van der Waals surface area contributed by atoms with Gasteiger partial charge in [-0.15, -0.1) is 21.5 Å². The fourth-order valence-electron chi connectivity index (χ4n) is 3.28. The van der Waals surface area contributed by atoms with Gasteiger partial charge in [0.1, 0.15) is 6.04 Å². The number of piperidine rings is 1. The number of rotatable bonds is 4. The van der Waals surface area contributed by atoms with Crippen molar-refractivity contribution in [2.24, 2.45) is 0 Å². The molecule has 2 aromatic heterocycles. The van der Waals surface area contributed by atoms with Crippen molar-refractivity contribution in [3.05, 3.63) is 53.2 Å². The molecule has 154 valence electrons. The fraction of sp³-hybridized carbons (Fsp3) is 0.333. The van der Waals surface area contributed by atoms with Gasteiger partial charge in [0.25, 0.3) is 5.89 Å². The Balaban J connectivity index is 1.69. The summed E-state index contributed by atoms with van der Waals surface area (Å²) in [5.41, 5.74) is -1.01. The highest BCUT2D eigenvalue weighted by molar-refractivity contribution is 7.89. The van der Waals surface area contributed by atoms with Crippen molar-refractivity contribution in [2.75, 3.05) is 6.54 Å². The lowest BCUT2D eigenvalue weighted by atomic mass is 10.1. The molecule has 0 radical (unpaired) electrons. The topological polar surface area (TPSA) is 76.3 Å². The molecule has 0 bridgehead atoms. The predicted octanol–water partition coefficient (Wildman–Crippen LogP) is 4.73. The molecular formula is C18H16F3N3O3S2. The molecule has 1 aliphatic rings. The van der Waals surface area contributed by atoms with Crippen LogP contribution >= 0.6 is 11.3 Å². The van der Waals surface area contributed by atoms with Crippen molar-refractivity contribution in [1.82, 2.24) is 14.5 Å². The average molecular weight is 443 g/mol. The van der Waals surface area contributed by atoms with Gasteiger partial charge in [0, 0.05) is 6.54 Å². The van der Waals surface area contributed by atoms with Crippen LogP contribution in [0.5, 0.6) is 0 Å². The van der Waals surface area contributed by atoms with Crippen LogP contribution in [0.2, 0.25) is 0 Å². The predicted molar refractivity (Wildman–Crippen MR) is 99.5 cm³/mol. The van der Waals surface area contributed by atoms with E-state index in [-0.39, 0.29) is 18.3 Å². The van der Waals surface area contributed by atoms with E-state index in [2.05, 4.69) is 10.2 Å². The number of thiophene rings is 1. The van der Waals surface area contributed by atoms with Gasteiger partial charge < -0.3 is 4.42 Å². The van der Waals surface area contributed by atoms with E-state index >= 15 is 0 Å². The zero-order valence-corrected chi connectivity index (χ0v) is 16.6. The van der Waals surface area contributed by atoms with Gasteiger partial charge >= 0.3 is 6.18 Å². The smallest absolute Gasteiger partial charge is 0.416 e. The van der Waals surface area contributed by atoms with Crippen LogP contribution in [0.25, 0.3) is 10.8 Å². The Bertz CT molecular complexity index is 1100. The van der Waals surface area contributed by atoms with E-state index in [1.165, 1.54) is 17.4 Å². The minimum Gasteiger partial charge on any atom is -0.418 e. The second-order valence-electron chi connectivity index (χ2n) is 6.58. The zero-order valence-electron chi connectivity index (χ0n) is 15.0. The number of halogens is 3. The third-order valence-electron chi connectivity index (χ3n) is 4.68. The summed E-state index contributed by atoms with van der Waals surface area (Å²) < 4.78 is 72.3. The zero-order chi connectivity index (χ0) is 20.6. The van der Waals surface area contributed by atoms with Crippen molar-refractivity contribution in [2.45, 2.75) is 36.4 Å². The molecule has 0 N–H and O–H groups in total. The van der Waals surface area contributed by atoms with E-state index in [9.17, 15) is 21.6 Å². The van der Waals surface area contributed by atoms with Crippen LogP contribution in [-0.2, 0) is 16.2 Å². The molecule has 1 saturated heterocycles. The Labute approximate surface area is 169 Å². The Morgan fingerprint density at radius 3 is 2.69 bits per heavy atom. The Kier molecular flexibility index (Phi) is 5.21. The molecule has 0 amide bonds. The summed E-state index contributed by atoms with van der Waals surface area (Å²) in [6.45, 7) is 0.167. The summed E-state index contributed by atoms with van der Waals surface area (Å²) in [7, 11) is -4.18. The maximum Gasteiger partial charge on any atom is 0.416 e. The van der Waals surface area contributed by atoms with Crippen molar-refractivity contribution < 1.29 is 26.0 Å². The second kappa shape index (κ2) is 7.54. The molecule has 3 aromatic rings. The molecule has 1 unspecified atom stereocenters. The summed E-state index contributed by atoms with van der Waals surface area (Å²) in [5, 5.41) is 9.86. The van der Waals surface area contributed by atoms with Crippen LogP contribution in [0.4, 0.5) is 13.2 Å². The van der Waals surface area contributed by atoms with E-state index in [0.29, 0.717) is 18.9 Å². The molecule has 1 fully saturated rings. The summed E-state index contributed by atoms with van der Waals surface area (Å²) >= 11 is 1.41. The number of alkyl halides is 3. The minimum absolute atomic E-state index is 0.142. The average Bonchev–Trinajstić information content (AvgIpc) is 3.39. The lowest BCUT2D eigenvalue weighted by molar-refractivity contribution is -0.137. The van der Waals surface area contributed by atoms with Crippen molar-refractivity contribution in [3.8, 4) is 10.8 Å². The molecule has 11 heteroatoms. The van der Waals surface area contributed by atoms with Gasteiger partial charge in [-0.1, -0.05) is 18.6 Å². The van der Waals surface area contributed by atoms with E-state index in [0.717, 1.165) is 27.7 Å². The number of nitrogens with zero attached hydrogens (tertiary/aromatic N) is 3. The first-order chi connectivity index (χ1) is 13.8. The molecule has 0 aliphatic carbocycles. The maximum atomic E-state index is 13.2. The Morgan fingerprint density at radius 2 is 1.97 bits per heavy atom. The molecule has 1 aromatic carbocycles. The van der Waals surface area contributed by atoms with Gasteiger partial charge in [-0.05, 0) is 42.5 Å². The second-order valence-corrected chi connectivity index (χ2v) is 9.41. The van der Waals surface area contributed by atoms with E-state index in [1.807, 2.05) is 11.4 Å². The first kappa shape index (κ1) is 20.0. The SMILES string of the molecule is O=S(=O)(c1cccc(C(F)(F)F)c1)N1CCCCC1c1nnc(-c2cccs2)o1. The normalized spacial score (nSPS) is 18.8. The molecule has 0 saturated carbocycles. The fourth-order valence-corrected chi connectivity index (χ4v) is 5.62. The van der Waals surface area contributed by atoms with Gasteiger partial charge in [0.15, 0.2) is 0 Å². The summed E-state index contributed by atoms with van der Waals surface area (Å²) in [6.07, 6.45) is -2.84. The molecule has 29 heavy (non-hydrogen) atoms. The molecule has 1 aliphatic heterocycles. The van der Waals surface area contributed by atoms with Gasteiger partial charge in [0.2, 0.25) is 15.9 Å². The maximum absolute atomic E-state index is 13.2. The molecule has 3 heterocycles. The summed E-state index contributed by atoms with van der Waals surface area (Å²) in [6, 6.07) is 6.68. The van der Waals surface area contributed by atoms with Crippen molar-refractivity contribution >= 4 is 21.4 Å². The molecule has 6 nitrogen and oxygen atoms in total. The quantitative estimate of drug-likeness (QED) is 0.583. The van der Waals surface area contributed by atoms with Gasteiger partial charge in [0.05, 0.1) is 15.3 Å². The van der Waals surface area contributed by atoms with Crippen LogP contribution in [0.1, 0.15) is 36.8 Å². The Morgan fingerprint density at radius 1 is 1.14 bits per heavy atom. The van der Waals surface area contributed by atoms with E-state index in [1.54, 1.807) is 6.07 Å². The van der Waals surface area contributed by atoms with Crippen LogP contribution < -0.4 is 0 Å². The third-order valence-corrected chi connectivity index (χ3v) is 7.44. The number of sulfonamides is 1. The molecular weight excluding hydrogens is 427 g/mol. The standard InChI is InChI=1S/C18H16F3N3O3S2/c19-18(20,21)12-5-3-6-13(11-12)29(25,26)24-9-2-1-7-14(24)16-22-23-17(27-16)15-8-4-10-28-15/h3-6,8,10-11,14H,1-2,7,9H2. The highest BCUT2D eigenvalue weighted by Gasteiger charge is 2.39. The van der Waals surface area contributed by atoms with Gasteiger partial charge in [-0.2, -0.15) is 17.5 Å². The van der Waals surface area contributed by atoms with Gasteiger partial charge in [-0.25, -0.2) is 8.42 Å². The van der Waals surface area contributed by atoms with Crippen LogP contribution in [0.3, 0.4) is 0 Å². The van der Waals surface area contributed by atoms with Crippen LogP contribution in [0, 0.1) is 0 Å². The minimum atomic E-state index is -4.63. The van der Waals surface area contributed by atoms with Crippen LogP contribution in [-0.4, -0.2) is 29.5 Å². The molecule has 4 rings (SSSR count). The van der Waals surface area contributed by atoms with E-state index in [4.69, 9.17) is 4.42 Å². The number of benzene rings is 1. The monoisotopic (exact) mass is 443 g/mol. The van der Waals surface area contributed by atoms with Crippen LogP contribution in [0.15, 0.2) is 51.1 Å². The lowest BCUT2D eigenvalue weighted by Crippen LogP contribution is -2.38. The summed E-state index contributed by atoms with van der Waals surface area (Å²) in [4.78, 5) is 0.351. The highest BCUT2D eigenvalue weighted by Crippen LogP contribution is 2.37. The number of hydrogen-bond acceptors (Lipinski definition) is 6. The summed E-state index contributed by atoms with van der Waals surface area (Å²) in [5.74, 6) is 0.431. The number of aromatic nitrogens is 2. The van der Waals surface area contributed by atoms with E-state index < -0.39 is 32.7 Å². The van der Waals surface area contributed by atoms with Gasteiger partial charge in [-0.3, -0.25) is 0 Å². The molecule has 0 spiro atoms. The lowest BCUT2D eigenvalue weighted by Gasteiger charge is -2.32. The van der Waals surface area contributed by atoms with Crippen molar-refractivity contribution in [1.29, 1.82) is 0 Å². The van der Waals surface area contributed by atoms with Crippen molar-refractivity contribution in [3.63, 3.8) is 0 Å². The largest absolute Gasteiger partial charge is 0.418 e. The molecule has 1 atom stereocenters. The first-order valence-corrected chi connectivity index (χ1v) is 11.2. The first-order valence-electron chi connectivity index (χ1n) is 8.83. The third kappa shape index (κ3) is 3.94. The highest BCUT2D eigenvalue weighted by atomic mass is 32.2. The Hall–Kier alpha value is -2.24.